The molecule has 0 aliphatic carbocycles. The Kier molecular flexibility index (Phi) is 3.65. The average molecular weight is 182 g/mol. The Morgan fingerprint density at radius 2 is 2.17 bits per heavy atom. The van der Waals surface area contributed by atoms with Crippen molar-refractivity contribution in [2.75, 3.05) is 5.75 Å². The third kappa shape index (κ3) is 2.55. The minimum absolute atomic E-state index is 0.549. The van der Waals surface area contributed by atoms with E-state index in [0.717, 1.165) is 10.6 Å². The van der Waals surface area contributed by atoms with Crippen molar-refractivity contribution in [3.05, 3.63) is 24.3 Å². The van der Waals surface area contributed by atoms with Crippen molar-refractivity contribution in [3.8, 4) is 0 Å². The van der Waals surface area contributed by atoms with Crippen molar-refractivity contribution < 1.29 is 10.0 Å². The first-order valence-electron chi connectivity index (χ1n) is 3.83. The second-order valence-corrected chi connectivity index (χ2v) is 3.72. The molecule has 4 heteroatoms. The van der Waals surface area contributed by atoms with Gasteiger partial charge in [-0.2, -0.15) is 0 Å². The third-order valence-corrected chi connectivity index (χ3v) is 2.34. The SMILES string of the molecule is CCSc1cccc(B(O)O)c1. The molecule has 64 valence electrons. The van der Waals surface area contributed by atoms with E-state index in [1.54, 1.807) is 23.9 Å². The number of thioether (sulfide) groups is 1. The molecule has 1 aromatic carbocycles. The van der Waals surface area contributed by atoms with Crippen molar-refractivity contribution in [1.29, 1.82) is 0 Å². The van der Waals surface area contributed by atoms with Gasteiger partial charge in [0.15, 0.2) is 0 Å². The summed E-state index contributed by atoms with van der Waals surface area (Å²) >= 11 is 1.68. The van der Waals surface area contributed by atoms with Gasteiger partial charge in [-0.15, -0.1) is 11.8 Å². The van der Waals surface area contributed by atoms with Crippen LogP contribution in [0, 0.1) is 0 Å². The highest BCUT2D eigenvalue weighted by Crippen LogP contribution is 2.14. The van der Waals surface area contributed by atoms with Gasteiger partial charge < -0.3 is 10.0 Å². The Morgan fingerprint density at radius 3 is 2.75 bits per heavy atom. The van der Waals surface area contributed by atoms with Gasteiger partial charge in [-0.1, -0.05) is 19.1 Å². The van der Waals surface area contributed by atoms with Crippen molar-refractivity contribution >= 4 is 24.3 Å². The fourth-order valence-corrected chi connectivity index (χ4v) is 1.66. The second kappa shape index (κ2) is 4.55. The smallest absolute Gasteiger partial charge is 0.423 e. The Hall–Kier alpha value is -0.445. The summed E-state index contributed by atoms with van der Waals surface area (Å²) in [5.74, 6) is 0.991. The average Bonchev–Trinajstić information content (AvgIpc) is 2.05. The third-order valence-electron chi connectivity index (χ3n) is 1.47. The number of hydrogen-bond donors (Lipinski definition) is 2. The van der Waals surface area contributed by atoms with E-state index in [1.807, 2.05) is 12.1 Å². The lowest BCUT2D eigenvalue weighted by Gasteiger charge is -2.01. The monoisotopic (exact) mass is 182 g/mol. The molecule has 12 heavy (non-hydrogen) atoms. The van der Waals surface area contributed by atoms with E-state index in [2.05, 4.69) is 6.92 Å². The first-order chi connectivity index (χ1) is 5.74. The van der Waals surface area contributed by atoms with E-state index in [1.165, 1.54) is 0 Å². The molecule has 0 saturated carbocycles. The van der Waals surface area contributed by atoms with Crippen molar-refractivity contribution in [3.63, 3.8) is 0 Å². The Balaban J connectivity index is 2.81. The lowest BCUT2D eigenvalue weighted by Crippen LogP contribution is -2.29. The second-order valence-electron chi connectivity index (χ2n) is 2.38. The molecule has 0 unspecified atom stereocenters. The molecule has 0 fully saturated rings. The molecule has 0 atom stereocenters. The van der Waals surface area contributed by atoms with Gasteiger partial charge in [-0.25, -0.2) is 0 Å². The van der Waals surface area contributed by atoms with Crippen LogP contribution in [0.3, 0.4) is 0 Å². The largest absolute Gasteiger partial charge is 0.488 e. The summed E-state index contributed by atoms with van der Waals surface area (Å²) < 4.78 is 0. The predicted molar refractivity (Wildman–Crippen MR) is 52.7 cm³/mol. The topological polar surface area (TPSA) is 40.5 Å². The Bertz CT molecular complexity index is 253. The summed E-state index contributed by atoms with van der Waals surface area (Å²) in [5, 5.41) is 17.7. The summed E-state index contributed by atoms with van der Waals surface area (Å²) in [6.45, 7) is 2.06. The molecule has 0 saturated heterocycles. The zero-order valence-electron chi connectivity index (χ0n) is 6.90. The predicted octanol–water partition coefficient (Wildman–Crippen LogP) is 0.478. The summed E-state index contributed by atoms with van der Waals surface area (Å²) in [4.78, 5) is 1.07. The van der Waals surface area contributed by atoms with Crippen LogP contribution < -0.4 is 5.46 Å². The van der Waals surface area contributed by atoms with Gasteiger partial charge in [-0.05, 0) is 23.3 Å². The summed E-state index contributed by atoms with van der Waals surface area (Å²) in [6.07, 6.45) is 0. The highest BCUT2D eigenvalue weighted by Gasteiger charge is 2.10. The van der Waals surface area contributed by atoms with Crippen LogP contribution in [0.2, 0.25) is 0 Å². The van der Waals surface area contributed by atoms with Crippen LogP contribution in [0.4, 0.5) is 0 Å². The molecule has 0 radical (unpaired) electrons. The van der Waals surface area contributed by atoms with Gasteiger partial charge in [0, 0.05) is 4.90 Å². The van der Waals surface area contributed by atoms with Gasteiger partial charge in [0.1, 0.15) is 0 Å². The summed E-state index contributed by atoms with van der Waals surface area (Å²) in [7, 11) is -1.36. The van der Waals surface area contributed by atoms with Crippen LogP contribution in [0.1, 0.15) is 6.92 Å². The molecule has 1 rings (SSSR count). The molecule has 0 aromatic heterocycles. The van der Waals surface area contributed by atoms with Crippen LogP contribution in [0.5, 0.6) is 0 Å². The molecule has 0 bridgehead atoms. The maximum absolute atomic E-state index is 8.86. The minimum Gasteiger partial charge on any atom is -0.423 e. The van der Waals surface area contributed by atoms with E-state index in [9.17, 15) is 0 Å². The highest BCUT2D eigenvalue weighted by atomic mass is 32.2. The van der Waals surface area contributed by atoms with Crippen molar-refractivity contribution in [1.82, 2.24) is 0 Å². The van der Waals surface area contributed by atoms with E-state index >= 15 is 0 Å². The van der Waals surface area contributed by atoms with Gasteiger partial charge >= 0.3 is 7.12 Å². The van der Waals surface area contributed by atoms with Gasteiger partial charge in [0.25, 0.3) is 0 Å². The molecular weight excluding hydrogens is 171 g/mol. The summed E-state index contributed by atoms with van der Waals surface area (Å²) in [5.41, 5.74) is 0.549. The molecular formula is C8H11BO2S. The van der Waals surface area contributed by atoms with Crippen molar-refractivity contribution in [2.24, 2.45) is 0 Å². The fraction of sp³-hybridized carbons (Fsp3) is 0.250. The van der Waals surface area contributed by atoms with E-state index in [4.69, 9.17) is 10.0 Å². The highest BCUT2D eigenvalue weighted by molar-refractivity contribution is 7.99. The molecule has 1 aromatic rings. The van der Waals surface area contributed by atoms with Gasteiger partial charge in [-0.3, -0.25) is 0 Å². The number of benzene rings is 1. The van der Waals surface area contributed by atoms with E-state index < -0.39 is 7.12 Å². The van der Waals surface area contributed by atoms with Crippen molar-refractivity contribution in [2.45, 2.75) is 11.8 Å². The molecule has 2 nitrogen and oxygen atoms in total. The first kappa shape index (κ1) is 9.64. The molecule has 0 amide bonds. The fourth-order valence-electron chi connectivity index (χ4n) is 0.932. The van der Waals surface area contributed by atoms with Gasteiger partial charge in [0.2, 0.25) is 0 Å². The van der Waals surface area contributed by atoms with Crippen LogP contribution in [-0.2, 0) is 0 Å². The first-order valence-corrected chi connectivity index (χ1v) is 4.81. The number of rotatable bonds is 3. The van der Waals surface area contributed by atoms with Crippen LogP contribution in [-0.4, -0.2) is 22.9 Å². The van der Waals surface area contributed by atoms with E-state index in [0.29, 0.717) is 5.46 Å². The standard InChI is InChI=1S/C8H11BO2S/c1-2-12-8-5-3-4-7(6-8)9(10)11/h3-6,10-11H,2H2,1H3. The lowest BCUT2D eigenvalue weighted by molar-refractivity contribution is 0.425. The van der Waals surface area contributed by atoms with E-state index in [-0.39, 0.29) is 0 Å². The van der Waals surface area contributed by atoms with Crippen LogP contribution >= 0.6 is 11.8 Å². The normalized spacial score (nSPS) is 9.92. The number of hydrogen-bond acceptors (Lipinski definition) is 3. The zero-order chi connectivity index (χ0) is 8.97. The molecule has 0 heterocycles. The maximum atomic E-state index is 8.86. The molecule has 2 N–H and O–H groups in total. The van der Waals surface area contributed by atoms with Crippen LogP contribution in [0.15, 0.2) is 29.2 Å². The quantitative estimate of drug-likeness (QED) is 0.527. The Labute approximate surface area is 76.8 Å². The minimum atomic E-state index is -1.36. The maximum Gasteiger partial charge on any atom is 0.488 e. The molecule has 0 spiro atoms. The zero-order valence-corrected chi connectivity index (χ0v) is 7.71. The lowest BCUT2D eigenvalue weighted by atomic mass is 9.80. The van der Waals surface area contributed by atoms with Gasteiger partial charge in [0.05, 0.1) is 0 Å². The Morgan fingerprint density at radius 1 is 1.42 bits per heavy atom. The molecule has 0 aliphatic rings. The summed E-state index contributed by atoms with van der Waals surface area (Å²) in [6, 6.07) is 7.27. The van der Waals surface area contributed by atoms with Crippen LogP contribution in [0.25, 0.3) is 0 Å². The molecule has 0 aliphatic heterocycles.